The number of halogens is 3. The standard InChI is InChI=1S/C37H37Cl2FN2O5S/c1-23-19-34(33(40)22-30(23)29-14-13-28(38)21-32(29)39)42-36(44)31(26-9-5-24(6-10-26)15-16-37(2,3)4)20-25-7-11-27(12-8-25)35(43)41-17-18-48(45,46)47/h5-16,19,21-22,31H,17-18,20H2,1-4H3,(H,41,43)(H,42,44)(H,45,46,47)/b16-15+. The van der Waals surface area contributed by atoms with Crippen LogP contribution in [-0.2, 0) is 21.3 Å². The summed E-state index contributed by atoms with van der Waals surface area (Å²) in [6, 6.07) is 22.0. The number of benzene rings is 4. The zero-order valence-corrected chi connectivity index (χ0v) is 29.3. The Morgan fingerprint density at radius 1 is 0.938 bits per heavy atom. The molecule has 0 spiro atoms. The lowest BCUT2D eigenvalue weighted by Crippen LogP contribution is -2.28. The molecule has 2 amide bonds. The number of hydrogen-bond acceptors (Lipinski definition) is 4. The van der Waals surface area contributed by atoms with E-state index in [0.29, 0.717) is 32.3 Å². The van der Waals surface area contributed by atoms with Gasteiger partial charge in [-0.05, 0) is 83.0 Å². The summed E-state index contributed by atoms with van der Waals surface area (Å²) in [6.07, 6.45) is 4.36. The first-order valence-corrected chi connectivity index (χ1v) is 17.5. The largest absolute Gasteiger partial charge is 0.351 e. The average molecular weight is 712 g/mol. The van der Waals surface area contributed by atoms with Crippen molar-refractivity contribution in [3.05, 3.63) is 129 Å². The van der Waals surface area contributed by atoms with Gasteiger partial charge in [0.1, 0.15) is 5.82 Å². The van der Waals surface area contributed by atoms with Crippen LogP contribution in [0, 0.1) is 18.2 Å². The number of aryl methyl sites for hydroxylation is 1. The van der Waals surface area contributed by atoms with Crippen LogP contribution in [0.3, 0.4) is 0 Å². The Morgan fingerprint density at radius 2 is 1.60 bits per heavy atom. The van der Waals surface area contributed by atoms with Gasteiger partial charge in [-0.3, -0.25) is 14.1 Å². The predicted molar refractivity (Wildman–Crippen MR) is 192 cm³/mol. The van der Waals surface area contributed by atoms with E-state index >= 15 is 4.39 Å². The summed E-state index contributed by atoms with van der Waals surface area (Å²) in [6.45, 7) is 7.86. The maximum absolute atomic E-state index is 15.5. The molecule has 0 aliphatic carbocycles. The van der Waals surface area contributed by atoms with E-state index in [1.807, 2.05) is 30.3 Å². The zero-order chi connectivity index (χ0) is 35.2. The zero-order valence-electron chi connectivity index (χ0n) is 27.0. The highest BCUT2D eigenvalue weighted by atomic mass is 35.5. The molecular weight excluding hydrogens is 674 g/mol. The monoisotopic (exact) mass is 710 g/mol. The molecule has 0 fully saturated rings. The number of allylic oxidation sites excluding steroid dienone is 1. The highest BCUT2D eigenvalue weighted by Crippen LogP contribution is 2.35. The molecule has 0 aliphatic heterocycles. The van der Waals surface area contributed by atoms with Crippen LogP contribution in [0.1, 0.15) is 59.3 Å². The highest BCUT2D eigenvalue weighted by molar-refractivity contribution is 7.85. The van der Waals surface area contributed by atoms with Crippen LogP contribution in [0.15, 0.2) is 84.9 Å². The van der Waals surface area contributed by atoms with Crippen molar-refractivity contribution in [1.29, 1.82) is 0 Å². The molecule has 0 saturated carbocycles. The van der Waals surface area contributed by atoms with E-state index in [1.54, 1.807) is 55.5 Å². The first kappa shape index (κ1) is 36.8. The second-order valence-electron chi connectivity index (χ2n) is 12.6. The number of rotatable bonds is 11. The molecule has 0 heterocycles. The van der Waals surface area contributed by atoms with Gasteiger partial charge in [0.05, 0.1) is 17.4 Å². The smallest absolute Gasteiger partial charge is 0.266 e. The molecule has 4 aromatic carbocycles. The van der Waals surface area contributed by atoms with Crippen LogP contribution >= 0.6 is 23.2 Å². The van der Waals surface area contributed by atoms with Crippen molar-refractivity contribution < 1.29 is 27.0 Å². The van der Waals surface area contributed by atoms with Crippen LogP contribution in [0.4, 0.5) is 10.1 Å². The third-order valence-electron chi connectivity index (χ3n) is 7.53. The molecule has 4 aromatic rings. The van der Waals surface area contributed by atoms with Gasteiger partial charge in [-0.2, -0.15) is 8.42 Å². The lowest BCUT2D eigenvalue weighted by atomic mass is 9.89. The molecule has 1 atom stereocenters. The Bertz CT molecular complexity index is 1940. The summed E-state index contributed by atoms with van der Waals surface area (Å²) in [5.74, 6) is -2.87. The molecule has 0 bridgehead atoms. The second-order valence-corrected chi connectivity index (χ2v) is 15.0. The first-order valence-electron chi connectivity index (χ1n) is 15.2. The fourth-order valence-electron chi connectivity index (χ4n) is 4.97. The lowest BCUT2D eigenvalue weighted by molar-refractivity contribution is -0.117. The van der Waals surface area contributed by atoms with E-state index in [-0.39, 0.29) is 29.6 Å². The third kappa shape index (κ3) is 10.5. The normalized spacial score (nSPS) is 12.6. The Morgan fingerprint density at radius 3 is 2.21 bits per heavy atom. The molecule has 3 N–H and O–H groups in total. The van der Waals surface area contributed by atoms with E-state index in [1.165, 1.54) is 6.07 Å². The summed E-state index contributed by atoms with van der Waals surface area (Å²) in [7, 11) is -4.21. The molecule has 0 saturated heterocycles. The Hall–Kier alpha value is -4.02. The number of anilines is 1. The SMILES string of the molecule is Cc1cc(NC(=O)C(Cc2ccc(C(=O)NCCS(=O)(=O)O)cc2)c2ccc(/C=C/C(C)(C)C)cc2)c(F)cc1-c1ccc(Cl)cc1Cl. The molecule has 11 heteroatoms. The summed E-state index contributed by atoms with van der Waals surface area (Å²) in [4.78, 5) is 26.3. The highest BCUT2D eigenvalue weighted by Gasteiger charge is 2.24. The molecule has 48 heavy (non-hydrogen) atoms. The van der Waals surface area contributed by atoms with Crippen LogP contribution in [0.5, 0.6) is 0 Å². The topological polar surface area (TPSA) is 113 Å². The van der Waals surface area contributed by atoms with E-state index in [0.717, 1.165) is 11.1 Å². The minimum atomic E-state index is -4.21. The van der Waals surface area contributed by atoms with E-state index in [2.05, 4.69) is 37.5 Å². The molecule has 7 nitrogen and oxygen atoms in total. The summed E-state index contributed by atoms with van der Waals surface area (Å²) in [5.41, 5.74) is 4.62. The summed E-state index contributed by atoms with van der Waals surface area (Å²) in [5, 5.41) is 6.07. The Labute approximate surface area is 290 Å². The van der Waals surface area contributed by atoms with Crippen molar-refractivity contribution in [2.75, 3.05) is 17.6 Å². The van der Waals surface area contributed by atoms with Gasteiger partial charge in [0.15, 0.2) is 0 Å². The maximum Gasteiger partial charge on any atom is 0.266 e. The molecule has 252 valence electrons. The maximum atomic E-state index is 15.5. The number of hydrogen-bond donors (Lipinski definition) is 3. The Balaban J connectivity index is 1.60. The van der Waals surface area contributed by atoms with E-state index in [4.69, 9.17) is 27.8 Å². The van der Waals surface area contributed by atoms with E-state index in [9.17, 15) is 18.0 Å². The predicted octanol–water partition coefficient (Wildman–Crippen LogP) is 8.75. The van der Waals surface area contributed by atoms with Crippen LogP contribution in [-0.4, -0.2) is 37.1 Å². The molecule has 0 radical (unpaired) electrons. The van der Waals surface area contributed by atoms with Gasteiger partial charge in [0, 0.05) is 27.7 Å². The van der Waals surface area contributed by atoms with Crippen molar-refractivity contribution in [3.8, 4) is 11.1 Å². The van der Waals surface area contributed by atoms with Crippen molar-refractivity contribution in [1.82, 2.24) is 5.32 Å². The van der Waals surface area contributed by atoms with Gasteiger partial charge in [0.2, 0.25) is 5.91 Å². The molecule has 4 rings (SSSR count). The lowest BCUT2D eigenvalue weighted by Gasteiger charge is -2.19. The van der Waals surface area contributed by atoms with E-state index < -0.39 is 39.4 Å². The summed E-state index contributed by atoms with van der Waals surface area (Å²) < 4.78 is 46.3. The average Bonchev–Trinajstić information content (AvgIpc) is 3.00. The van der Waals surface area contributed by atoms with Crippen molar-refractivity contribution >= 4 is 56.9 Å². The second kappa shape index (κ2) is 15.5. The van der Waals surface area contributed by atoms with Crippen molar-refractivity contribution in [2.24, 2.45) is 5.41 Å². The van der Waals surface area contributed by atoms with Crippen molar-refractivity contribution in [3.63, 3.8) is 0 Å². The first-order chi connectivity index (χ1) is 22.5. The molecule has 1 unspecified atom stereocenters. The fourth-order valence-corrected chi connectivity index (χ4v) is 5.84. The quantitative estimate of drug-likeness (QED) is 0.135. The Kier molecular flexibility index (Phi) is 11.9. The molecular formula is C37H37Cl2FN2O5S. The van der Waals surface area contributed by atoms with Crippen LogP contribution in [0.2, 0.25) is 10.0 Å². The van der Waals surface area contributed by atoms with Crippen LogP contribution < -0.4 is 10.6 Å². The van der Waals surface area contributed by atoms with Crippen LogP contribution in [0.25, 0.3) is 17.2 Å². The molecule has 0 aromatic heterocycles. The molecule has 0 aliphatic rings. The number of carbonyl (C=O) groups excluding carboxylic acids is 2. The van der Waals surface area contributed by atoms with Gasteiger partial charge >= 0.3 is 0 Å². The minimum absolute atomic E-state index is 0.00264. The number of amides is 2. The summed E-state index contributed by atoms with van der Waals surface area (Å²) >= 11 is 12.4. The van der Waals surface area contributed by atoms with Gasteiger partial charge in [-0.25, -0.2) is 4.39 Å². The number of carbonyl (C=O) groups is 2. The van der Waals surface area contributed by atoms with Gasteiger partial charge in [-0.1, -0.05) is 98.6 Å². The van der Waals surface area contributed by atoms with Gasteiger partial charge < -0.3 is 10.6 Å². The van der Waals surface area contributed by atoms with Gasteiger partial charge in [-0.15, -0.1) is 0 Å². The minimum Gasteiger partial charge on any atom is -0.351 e. The van der Waals surface area contributed by atoms with Gasteiger partial charge in [0.25, 0.3) is 16.0 Å². The third-order valence-corrected chi connectivity index (χ3v) is 8.79. The fraction of sp³-hybridized carbons (Fsp3) is 0.243. The van der Waals surface area contributed by atoms with Crippen molar-refractivity contribution in [2.45, 2.75) is 40.0 Å². The number of nitrogens with one attached hydrogen (secondary N) is 2.